The highest BCUT2D eigenvalue weighted by atomic mass is 16.5. The minimum Gasteiger partial charge on any atom is -0.464 e. The van der Waals surface area contributed by atoms with Crippen molar-refractivity contribution in [3.8, 4) is 0 Å². The molecule has 192 valence electrons. The standard InChI is InChI=1S/C28H36N4O4/c1-19(2)13-14-29-21-17-22-24(31-27(33)23-12-8-16-36-23)25(28(34)35-3)32(26(22)30-18-21)15-7-11-20-9-5-4-6-10-20/h4-6,9-10,17-19,23,29H,7-8,11-16H2,1-3H3,(H,31,33)/t23-/m1/s1. The van der Waals surface area contributed by atoms with Crippen LogP contribution in [0.2, 0.25) is 0 Å². The number of hydrogen-bond donors (Lipinski definition) is 2. The Labute approximate surface area is 212 Å². The molecule has 1 aliphatic heterocycles. The fourth-order valence-electron chi connectivity index (χ4n) is 4.55. The van der Waals surface area contributed by atoms with Crippen LogP contribution in [-0.4, -0.2) is 47.8 Å². The Bertz CT molecular complexity index is 1180. The van der Waals surface area contributed by atoms with Gasteiger partial charge in [-0.2, -0.15) is 0 Å². The highest BCUT2D eigenvalue weighted by molar-refractivity contribution is 6.12. The van der Waals surface area contributed by atoms with Crippen molar-refractivity contribution in [2.75, 3.05) is 30.9 Å². The Hall–Kier alpha value is -3.39. The lowest BCUT2D eigenvalue weighted by Crippen LogP contribution is -2.28. The van der Waals surface area contributed by atoms with Crippen LogP contribution in [0, 0.1) is 5.92 Å². The first kappa shape index (κ1) is 25.7. The quantitative estimate of drug-likeness (QED) is 0.365. The van der Waals surface area contributed by atoms with Crippen LogP contribution in [0.15, 0.2) is 42.6 Å². The Morgan fingerprint density at radius 1 is 1.25 bits per heavy atom. The maximum atomic E-state index is 13.0. The number of anilines is 2. The molecule has 0 aliphatic carbocycles. The van der Waals surface area contributed by atoms with Crippen LogP contribution in [0.5, 0.6) is 0 Å². The molecule has 0 spiro atoms. The number of aromatic nitrogens is 2. The van der Waals surface area contributed by atoms with Crippen LogP contribution >= 0.6 is 0 Å². The molecular formula is C28H36N4O4. The van der Waals surface area contributed by atoms with E-state index in [1.165, 1.54) is 12.7 Å². The molecule has 1 atom stereocenters. The molecule has 1 saturated heterocycles. The minimum atomic E-state index is -0.521. The zero-order chi connectivity index (χ0) is 25.5. The molecule has 0 unspecified atom stereocenters. The number of nitrogens with zero attached hydrogens (tertiary/aromatic N) is 2. The third-order valence-electron chi connectivity index (χ3n) is 6.49. The van der Waals surface area contributed by atoms with Gasteiger partial charge >= 0.3 is 5.97 Å². The molecular weight excluding hydrogens is 456 g/mol. The van der Waals surface area contributed by atoms with E-state index in [1.54, 1.807) is 6.20 Å². The minimum absolute atomic E-state index is 0.251. The van der Waals surface area contributed by atoms with Gasteiger partial charge in [-0.15, -0.1) is 0 Å². The predicted octanol–water partition coefficient (Wildman–Crippen LogP) is 5.03. The van der Waals surface area contributed by atoms with Gasteiger partial charge in [0.2, 0.25) is 0 Å². The molecule has 8 nitrogen and oxygen atoms in total. The maximum absolute atomic E-state index is 13.0. The second-order valence-corrected chi connectivity index (χ2v) is 9.65. The van der Waals surface area contributed by atoms with Crippen LogP contribution < -0.4 is 10.6 Å². The number of esters is 1. The van der Waals surface area contributed by atoms with Gasteiger partial charge in [0.25, 0.3) is 5.91 Å². The van der Waals surface area contributed by atoms with E-state index in [1.807, 2.05) is 28.8 Å². The van der Waals surface area contributed by atoms with E-state index in [2.05, 4.69) is 36.6 Å². The number of carbonyl (C=O) groups excluding carboxylic acids is 2. The van der Waals surface area contributed by atoms with Crippen molar-refractivity contribution < 1.29 is 19.1 Å². The Kier molecular flexibility index (Phi) is 8.59. The number of aryl methyl sites for hydroxylation is 2. The van der Waals surface area contributed by atoms with E-state index in [0.29, 0.717) is 47.9 Å². The third kappa shape index (κ3) is 6.05. The normalized spacial score (nSPS) is 15.4. The number of amides is 1. The van der Waals surface area contributed by atoms with Crippen LogP contribution in [0.4, 0.5) is 11.4 Å². The largest absolute Gasteiger partial charge is 0.464 e. The summed E-state index contributed by atoms with van der Waals surface area (Å²) in [7, 11) is 1.35. The molecule has 0 saturated carbocycles. The summed E-state index contributed by atoms with van der Waals surface area (Å²) in [5.41, 5.74) is 3.44. The SMILES string of the molecule is COC(=O)c1c(NC(=O)[C@H]2CCCO2)c2cc(NCCC(C)C)cnc2n1CCCc1ccccc1. The summed E-state index contributed by atoms with van der Waals surface area (Å²) < 4.78 is 12.6. The van der Waals surface area contributed by atoms with Crippen molar-refractivity contribution in [2.24, 2.45) is 5.92 Å². The summed E-state index contributed by atoms with van der Waals surface area (Å²) in [5.74, 6) is -0.184. The van der Waals surface area contributed by atoms with E-state index in [9.17, 15) is 9.59 Å². The van der Waals surface area contributed by atoms with Gasteiger partial charge in [-0.25, -0.2) is 9.78 Å². The molecule has 0 radical (unpaired) electrons. The number of nitrogens with one attached hydrogen (secondary N) is 2. The van der Waals surface area contributed by atoms with Crippen molar-refractivity contribution in [1.29, 1.82) is 0 Å². The molecule has 1 fully saturated rings. The molecule has 2 aromatic heterocycles. The molecule has 1 aliphatic rings. The molecule has 1 aromatic carbocycles. The van der Waals surface area contributed by atoms with Crippen molar-refractivity contribution in [3.05, 3.63) is 53.9 Å². The van der Waals surface area contributed by atoms with Crippen molar-refractivity contribution in [2.45, 2.75) is 58.6 Å². The fraction of sp³-hybridized carbons (Fsp3) is 0.464. The fourth-order valence-corrected chi connectivity index (χ4v) is 4.55. The monoisotopic (exact) mass is 492 g/mol. The first-order chi connectivity index (χ1) is 17.5. The van der Waals surface area contributed by atoms with Crippen LogP contribution in [0.1, 0.15) is 55.6 Å². The number of pyridine rings is 1. The highest BCUT2D eigenvalue weighted by Crippen LogP contribution is 2.33. The lowest BCUT2D eigenvalue weighted by molar-refractivity contribution is -0.124. The van der Waals surface area contributed by atoms with Gasteiger partial charge in [-0.1, -0.05) is 44.2 Å². The van der Waals surface area contributed by atoms with Gasteiger partial charge < -0.3 is 24.7 Å². The molecule has 8 heteroatoms. The number of ether oxygens (including phenoxy) is 2. The number of fused-ring (bicyclic) bond motifs is 1. The second kappa shape index (κ2) is 12.0. The Morgan fingerprint density at radius 2 is 2.06 bits per heavy atom. The summed E-state index contributed by atoms with van der Waals surface area (Å²) in [6, 6.07) is 12.2. The van der Waals surface area contributed by atoms with Gasteiger partial charge in [0, 0.05) is 25.1 Å². The zero-order valence-electron chi connectivity index (χ0n) is 21.4. The van der Waals surface area contributed by atoms with Crippen LogP contribution in [-0.2, 0) is 27.2 Å². The number of methoxy groups -OCH3 is 1. The van der Waals surface area contributed by atoms with Crippen LogP contribution in [0.3, 0.4) is 0 Å². The van der Waals surface area contributed by atoms with Gasteiger partial charge in [0.15, 0.2) is 5.69 Å². The average molecular weight is 493 g/mol. The van der Waals surface area contributed by atoms with Crippen molar-refractivity contribution in [1.82, 2.24) is 9.55 Å². The summed E-state index contributed by atoms with van der Waals surface area (Å²) >= 11 is 0. The molecule has 1 amide bonds. The zero-order valence-corrected chi connectivity index (χ0v) is 21.4. The van der Waals surface area contributed by atoms with Crippen LogP contribution in [0.25, 0.3) is 11.0 Å². The number of hydrogen-bond acceptors (Lipinski definition) is 6. The van der Waals surface area contributed by atoms with Crippen molar-refractivity contribution in [3.63, 3.8) is 0 Å². The highest BCUT2D eigenvalue weighted by Gasteiger charge is 2.30. The van der Waals surface area contributed by atoms with Gasteiger partial charge in [0.1, 0.15) is 11.8 Å². The molecule has 2 N–H and O–H groups in total. The smallest absolute Gasteiger partial charge is 0.356 e. The topological polar surface area (TPSA) is 94.5 Å². The van der Waals surface area contributed by atoms with Crippen molar-refractivity contribution >= 4 is 34.3 Å². The first-order valence-electron chi connectivity index (χ1n) is 12.8. The summed E-state index contributed by atoms with van der Waals surface area (Å²) in [4.78, 5) is 30.8. The molecule has 0 bridgehead atoms. The molecule has 4 rings (SSSR count). The van der Waals surface area contributed by atoms with E-state index in [-0.39, 0.29) is 5.91 Å². The van der Waals surface area contributed by atoms with Gasteiger partial charge in [0.05, 0.1) is 24.7 Å². The molecule has 36 heavy (non-hydrogen) atoms. The van der Waals surface area contributed by atoms with Gasteiger partial charge in [-0.3, -0.25) is 4.79 Å². The van der Waals surface area contributed by atoms with E-state index >= 15 is 0 Å². The number of carbonyl (C=O) groups is 2. The average Bonchev–Trinajstić information content (AvgIpc) is 3.52. The maximum Gasteiger partial charge on any atom is 0.356 e. The summed E-state index contributed by atoms with van der Waals surface area (Å²) in [6.45, 7) is 6.29. The molecule has 3 aromatic rings. The Morgan fingerprint density at radius 3 is 2.75 bits per heavy atom. The summed E-state index contributed by atoms with van der Waals surface area (Å²) in [6.07, 6.45) is 5.44. The van der Waals surface area contributed by atoms with E-state index < -0.39 is 12.1 Å². The number of benzene rings is 1. The predicted molar refractivity (Wildman–Crippen MR) is 141 cm³/mol. The van der Waals surface area contributed by atoms with E-state index in [0.717, 1.165) is 37.9 Å². The Balaban J connectivity index is 1.70. The third-order valence-corrected chi connectivity index (χ3v) is 6.49. The van der Waals surface area contributed by atoms with Gasteiger partial charge in [-0.05, 0) is 49.7 Å². The number of rotatable bonds is 11. The lowest BCUT2D eigenvalue weighted by atomic mass is 10.1. The van der Waals surface area contributed by atoms with E-state index in [4.69, 9.17) is 14.5 Å². The summed E-state index contributed by atoms with van der Waals surface area (Å²) in [5, 5.41) is 7.11. The lowest BCUT2D eigenvalue weighted by Gasteiger charge is -2.13. The second-order valence-electron chi connectivity index (χ2n) is 9.65. The first-order valence-corrected chi connectivity index (χ1v) is 12.8. The molecule has 3 heterocycles.